The maximum Gasteiger partial charge on any atom is 0.273 e. The Morgan fingerprint density at radius 1 is 1.47 bits per heavy atom. The molecule has 2 aromatic rings. The van der Waals surface area contributed by atoms with Gasteiger partial charge < -0.3 is 5.11 Å². The van der Waals surface area contributed by atoms with E-state index in [1.807, 2.05) is 0 Å². The smallest absolute Gasteiger partial charge is 0.273 e. The number of phenols is 1. The maximum atomic E-state index is 10.4. The van der Waals surface area contributed by atoms with E-state index in [-0.39, 0.29) is 22.8 Å². The van der Waals surface area contributed by atoms with Crippen LogP contribution in [-0.2, 0) is 0 Å². The van der Waals surface area contributed by atoms with Gasteiger partial charge in [-0.2, -0.15) is 5.21 Å². The van der Waals surface area contributed by atoms with Crippen molar-refractivity contribution in [3.05, 3.63) is 28.3 Å². The van der Waals surface area contributed by atoms with Gasteiger partial charge in [-0.05, 0) is 11.3 Å². The van der Waals surface area contributed by atoms with E-state index < -0.39 is 4.92 Å². The first-order valence-electron chi connectivity index (χ1n) is 3.89. The normalized spacial score (nSPS) is 10.1. The molecule has 0 aliphatic heterocycles. The summed E-state index contributed by atoms with van der Waals surface area (Å²) in [6.07, 6.45) is 0. The minimum atomic E-state index is -0.597. The van der Waals surface area contributed by atoms with E-state index in [1.54, 1.807) is 0 Å². The zero-order valence-electron chi connectivity index (χ0n) is 7.28. The fourth-order valence-electron chi connectivity index (χ4n) is 1.10. The van der Waals surface area contributed by atoms with Gasteiger partial charge in [0.25, 0.3) is 5.69 Å². The highest BCUT2D eigenvalue weighted by Crippen LogP contribution is 2.29. The predicted molar refractivity (Wildman–Crippen MR) is 47.9 cm³/mol. The van der Waals surface area contributed by atoms with Gasteiger partial charge in [-0.25, -0.2) is 0 Å². The van der Waals surface area contributed by atoms with Crippen molar-refractivity contribution in [2.24, 2.45) is 0 Å². The van der Waals surface area contributed by atoms with Crippen molar-refractivity contribution in [2.45, 2.75) is 0 Å². The first-order chi connectivity index (χ1) is 7.18. The van der Waals surface area contributed by atoms with E-state index >= 15 is 0 Å². The van der Waals surface area contributed by atoms with Gasteiger partial charge >= 0.3 is 0 Å². The van der Waals surface area contributed by atoms with Crippen molar-refractivity contribution in [1.29, 1.82) is 0 Å². The molecule has 1 heterocycles. The highest BCUT2D eigenvalue weighted by Gasteiger charge is 2.13. The Morgan fingerprint density at radius 2 is 2.27 bits per heavy atom. The van der Waals surface area contributed by atoms with Crippen molar-refractivity contribution in [3.8, 4) is 17.1 Å². The molecule has 0 bridgehead atoms. The molecule has 0 aliphatic carbocycles. The molecule has 0 atom stereocenters. The van der Waals surface area contributed by atoms with Gasteiger partial charge in [0.1, 0.15) is 5.75 Å². The molecule has 0 spiro atoms. The Kier molecular flexibility index (Phi) is 2.01. The first-order valence-corrected chi connectivity index (χ1v) is 3.89. The van der Waals surface area contributed by atoms with E-state index in [2.05, 4.69) is 20.6 Å². The maximum absolute atomic E-state index is 10.4. The molecule has 1 aromatic heterocycles. The molecule has 0 radical (unpaired) electrons. The van der Waals surface area contributed by atoms with Crippen molar-refractivity contribution in [1.82, 2.24) is 20.6 Å². The second kappa shape index (κ2) is 3.33. The summed E-state index contributed by atoms with van der Waals surface area (Å²) in [7, 11) is 0. The number of aromatic amines is 1. The molecule has 0 amide bonds. The largest absolute Gasteiger partial charge is 0.507 e. The highest BCUT2D eigenvalue weighted by atomic mass is 16.6. The van der Waals surface area contributed by atoms with Crippen LogP contribution in [0, 0.1) is 10.1 Å². The fraction of sp³-hybridized carbons (Fsp3) is 0. The van der Waals surface area contributed by atoms with E-state index in [1.165, 1.54) is 12.1 Å². The van der Waals surface area contributed by atoms with Crippen molar-refractivity contribution in [2.75, 3.05) is 0 Å². The summed E-state index contributed by atoms with van der Waals surface area (Å²) in [6.45, 7) is 0. The lowest BCUT2D eigenvalue weighted by atomic mass is 10.2. The van der Waals surface area contributed by atoms with Crippen LogP contribution in [0.3, 0.4) is 0 Å². The number of nitrogens with zero attached hydrogens (tertiary/aromatic N) is 4. The summed E-state index contributed by atoms with van der Waals surface area (Å²) in [5.41, 5.74) is 0.0918. The third-order valence-corrected chi connectivity index (χ3v) is 1.78. The number of H-pyrrole nitrogens is 1. The molecular formula is C7H5N5O3. The number of phenolic OH excluding ortho intramolecular Hbond substituents is 1. The molecule has 0 fully saturated rings. The summed E-state index contributed by atoms with van der Waals surface area (Å²) in [4.78, 5) is 9.80. The van der Waals surface area contributed by atoms with Gasteiger partial charge in [-0.3, -0.25) is 10.1 Å². The molecule has 8 heteroatoms. The number of aromatic nitrogens is 4. The molecule has 15 heavy (non-hydrogen) atoms. The number of hydrogen-bond donors (Lipinski definition) is 2. The van der Waals surface area contributed by atoms with Crippen LogP contribution < -0.4 is 0 Å². The summed E-state index contributed by atoms with van der Waals surface area (Å²) < 4.78 is 0. The lowest BCUT2D eigenvalue weighted by Gasteiger charge is -1.98. The van der Waals surface area contributed by atoms with Crippen LogP contribution in [0.4, 0.5) is 5.69 Å². The first kappa shape index (κ1) is 9.06. The highest BCUT2D eigenvalue weighted by molar-refractivity contribution is 5.65. The third-order valence-electron chi connectivity index (χ3n) is 1.78. The predicted octanol–water partition coefficient (Wildman–Crippen LogP) is 0.480. The molecular weight excluding hydrogens is 202 g/mol. The molecule has 0 unspecified atom stereocenters. The monoisotopic (exact) mass is 207 g/mol. The van der Waals surface area contributed by atoms with Gasteiger partial charge in [0.05, 0.1) is 16.6 Å². The quantitative estimate of drug-likeness (QED) is 0.546. The van der Waals surface area contributed by atoms with Crippen LogP contribution in [-0.4, -0.2) is 30.7 Å². The molecule has 8 nitrogen and oxygen atoms in total. The SMILES string of the molecule is O=[N+]([O-])c1ccc(-c2nn[nH]n2)c(O)c1. The number of tetrazole rings is 1. The van der Waals surface area contributed by atoms with Crippen LogP contribution in [0.15, 0.2) is 18.2 Å². The number of aromatic hydroxyl groups is 1. The van der Waals surface area contributed by atoms with Crippen molar-refractivity contribution < 1.29 is 10.0 Å². The molecule has 0 saturated heterocycles. The number of nitro benzene ring substituents is 1. The van der Waals surface area contributed by atoms with Crippen LogP contribution in [0.25, 0.3) is 11.4 Å². The zero-order chi connectivity index (χ0) is 10.8. The summed E-state index contributed by atoms with van der Waals surface area (Å²) >= 11 is 0. The van der Waals surface area contributed by atoms with Crippen LogP contribution in [0.5, 0.6) is 5.75 Å². The van der Waals surface area contributed by atoms with Crippen LogP contribution in [0.1, 0.15) is 0 Å². The fourth-order valence-corrected chi connectivity index (χ4v) is 1.10. The second-order valence-electron chi connectivity index (χ2n) is 2.69. The second-order valence-corrected chi connectivity index (χ2v) is 2.69. The number of nitrogens with one attached hydrogen (secondary N) is 1. The van der Waals surface area contributed by atoms with E-state index in [4.69, 9.17) is 0 Å². The molecule has 0 aliphatic rings. The molecule has 2 rings (SSSR count). The van der Waals surface area contributed by atoms with Crippen molar-refractivity contribution in [3.63, 3.8) is 0 Å². The Morgan fingerprint density at radius 3 is 2.80 bits per heavy atom. The number of benzene rings is 1. The standard InChI is InChI=1S/C7H5N5O3/c13-6-3-4(12(14)15)1-2-5(6)7-8-10-11-9-7/h1-3,13H,(H,8,9,10,11). The number of hydrogen-bond acceptors (Lipinski definition) is 6. The van der Waals surface area contributed by atoms with E-state index in [9.17, 15) is 15.2 Å². The third kappa shape index (κ3) is 1.59. The van der Waals surface area contributed by atoms with Gasteiger partial charge in [-0.1, -0.05) is 0 Å². The average Bonchev–Trinajstić information content (AvgIpc) is 2.70. The van der Waals surface area contributed by atoms with Gasteiger partial charge in [0.15, 0.2) is 0 Å². The Balaban J connectivity index is 2.48. The van der Waals surface area contributed by atoms with Gasteiger partial charge in [-0.15, -0.1) is 10.2 Å². The summed E-state index contributed by atoms with van der Waals surface area (Å²) in [5.74, 6) is -0.0759. The minimum Gasteiger partial charge on any atom is -0.507 e. The molecule has 0 saturated carbocycles. The van der Waals surface area contributed by atoms with Crippen LogP contribution >= 0.6 is 0 Å². The van der Waals surface area contributed by atoms with E-state index in [0.29, 0.717) is 0 Å². The molecule has 1 aromatic carbocycles. The summed E-state index contributed by atoms with van der Waals surface area (Å²) in [5, 5.41) is 32.7. The number of non-ortho nitro benzene ring substituents is 1. The summed E-state index contributed by atoms with van der Waals surface area (Å²) in [6, 6.07) is 3.65. The number of nitro groups is 1. The zero-order valence-corrected chi connectivity index (χ0v) is 7.28. The lowest BCUT2D eigenvalue weighted by Crippen LogP contribution is -1.89. The number of rotatable bonds is 2. The Bertz CT molecular complexity index is 495. The average molecular weight is 207 g/mol. The van der Waals surface area contributed by atoms with Gasteiger partial charge in [0, 0.05) is 6.07 Å². The van der Waals surface area contributed by atoms with Crippen LogP contribution in [0.2, 0.25) is 0 Å². The van der Waals surface area contributed by atoms with Gasteiger partial charge in [0.2, 0.25) is 5.82 Å². The topological polar surface area (TPSA) is 118 Å². The van der Waals surface area contributed by atoms with E-state index in [0.717, 1.165) is 6.07 Å². The van der Waals surface area contributed by atoms with Crippen molar-refractivity contribution >= 4 is 5.69 Å². The lowest BCUT2D eigenvalue weighted by molar-refractivity contribution is -0.384. The minimum absolute atomic E-state index is 0.183. The Labute approximate surface area is 82.7 Å². The molecule has 76 valence electrons. The molecule has 2 N–H and O–H groups in total. The Hall–Kier alpha value is -2.51.